The third-order valence-electron chi connectivity index (χ3n) is 11.8. The highest BCUT2D eigenvalue weighted by atomic mass is 32.1. The minimum atomic E-state index is 0.608. The Morgan fingerprint density at radius 1 is 0.439 bits per heavy atom. The number of aromatic nitrogens is 3. The van der Waals surface area contributed by atoms with Crippen LogP contribution in [-0.2, 0) is 0 Å². The van der Waals surface area contributed by atoms with Crippen LogP contribution in [0.1, 0.15) is 0 Å². The van der Waals surface area contributed by atoms with Gasteiger partial charge in [-0.3, -0.25) is 4.57 Å². The van der Waals surface area contributed by atoms with Crippen LogP contribution >= 0.6 is 11.3 Å². The molecule has 13 aromatic rings. The molecule has 0 spiro atoms. The van der Waals surface area contributed by atoms with E-state index in [1.54, 1.807) is 0 Å². The molecule has 0 aliphatic rings. The highest BCUT2D eigenvalue weighted by Gasteiger charge is 2.26. The van der Waals surface area contributed by atoms with Gasteiger partial charge in [0.15, 0.2) is 5.58 Å². The Bertz CT molecular complexity index is 3810. The molecule has 4 aromatic heterocycles. The third kappa shape index (κ3) is 4.32. The maximum absolute atomic E-state index is 7.02. The lowest BCUT2D eigenvalue weighted by atomic mass is 9.95. The molecule has 0 aliphatic heterocycles. The van der Waals surface area contributed by atoms with Crippen LogP contribution < -0.4 is 0 Å². The molecule has 4 nitrogen and oxygen atoms in total. The average Bonchev–Trinajstić information content (AvgIpc) is 3.96. The highest BCUT2D eigenvalue weighted by molar-refractivity contribution is 7.26. The second-order valence-electron chi connectivity index (χ2n) is 14.8. The Morgan fingerprint density at radius 2 is 1.14 bits per heavy atom. The molecule has 0 saturated heterocycles. The summed E-state index contributed by atoms with van der Waals surface area (Å²) in [5, 5.41) is 13.0. The number of fused-ring (bicyclic) bond motifs is 16. The summed E-state index contributed by atoms with van der Waals surface area (Å²) in [6.45, 7) is 0. The molecular weight excluding hydrogens is 715 g/mol. The molecule has 0 fully saturated rings. The number of thiophene rings is 1. The Hall–Kier alpha value is -7.34. The van der Waals surface area contributed by atoms with Crippen LogP contribution in [0.3, 0.4) is 0 Å². The molecule has 0 bridgehead atoms. The number of benzene rings is 9. The van der Waals surface area contributed by atoms with Gasteiger partial charge in [-0.1, -0.05) is 146 Å². The molecule has 0 amide bonds. The van der Waals surface area contributed by atoms with Crippen LogP contribution in [0.5, 0.6) is 0 Å². The number of hydrogen-bond acceptors (Lipinski definition) is 4. The van der Waals surface area contributed by atoms with Crippen molar-refractivity contribution in [1.82, 2.24) is 14.5 Å². The van der Waals surface area contributed by atoms with Gasteiger partial charge in [0.25, 0.3) is 0 Å². The van der Waals surface area contributed by atoms with E-state index in [1.165, 1.54) is 52.8 Å². The van der Waals surface area contributed by atoms with E-state index < -0.39 is 0 Å². The Labute approximate surface area is 329 Å². The zero-order valence-corrected chi connectivity index (χ0v) is 31.2. The lowest BCUT2D eigenvalue weighted by molar-refractivity contribution is 0.671. The van der Waals surface area contributed by atoms with E-state index in [0.29, 0.717) is 5.95 Å². The molecule has 9 aromatic carbocycles. The third-order valence-corrected chi connectivity index (χ3v) is 12.9. The molecule has 5 heteroatoms. The second kappa shape index (κ2) is 11.6. The van der Waals surface area contributed by atoms with E-state index in [-0.39, 0.29) is 0 Å². The van der Waals surface area contributed by atoms with Crippen molar-refractivity contribution in [3.8, 4) is 28.3 Å². The van der Waals surface area contributed by atoms with Crippen LogP contribution in [-0.4, -0.2) is 14.5 Å². The minimum absolute atomic E-state index is 0.608. The first-order chi connectivity index (χ1) is 28.3. The van der Waals surface area contributed by atoms with Crippen molar-refractivity contribution >= 4 is 108 Å². The fraction of sp³-hybridized carbons (Fsp3) is 0. The fourth-order valence-corrected chi connectivity index (χ4v) is 10.5. The standard InChI is InChI=1S/C52H29N3OS/c1-2-14-33-30(12-1)13-11-19-34(33)31-24-26-32(27-25-31)49-35-15-3-7-20-40(35)53-52(54-49)55-41-21-8-4-16-36(41)45-39-28-29-44-46(38-18-6-10-23-43(38)57-44)47(39)48-37-17-5-9-22-42(37)56-51(48)50(45)55/h1-29H. The predicted molar refractivity (Wildman–Crippen MR) is 240 cm³/mol. The summed E-state index contributed by atoms with van der Waals surface area (Å²) < 4.78 is 11.8. The zero-order chi connectivity index (χ0) is 37.2. The molecular formula is C52H29N3OS. The van der Waals surface area contributed by atoms with Gasteiger partial charge >= 0.3 is 0 Å². The second-order valence-corrected chi connectivity index (χ2v) is 15.9. The van der Waals surface area contributed by atoms with E-state index in [0.717, 1.165) is 65.9 Å². The number of para-hydroxylation sites is 3. The quantitative estimate of drug-likeness (QED) is 0.181. The van der Waals surface area contributed by atoms with Gasteiger partial charge in [0.2, 0.25) is 5.95 Å². The number of furan rings is 1. The molecule has 0 atom stereocenters. The molecule has 0 unspecified atom stereocenters. The van der Waals surface area contributed by atoms with E-state index in [9.17, 15) is 0 Å². The molecule has 57 heavy (non-hydrogen) atoms. The molecule has 264 valence electrons. The molecule has 4 heterocycles. The van der Waals surface area contributed by atoms with Gasteiger partial charge in [0, 0.05) is 58.1 Å². The average molecular weight is 744 g/mol. The maximum atomic E-state index is 7.02. The van der Waals surface area contributed by atoms with Crippen LogP contribution in [0, 0.1) is 0 Å². The summed E-state index contributed by atoms with van der Waals surface area (Å²) in [5.74, 6) is 0.608. The number of rotatable bonds is 3. The molecule has 0 saturated carbocycles. The van der Waals surface area contributed by atoms with Crippen molar-refractivity contribution in [2.75, 3.05) is 0 Å². The summed E-state index contributed by atoms with van der Waals surface area (Å²) >= 11 is 1.85. The molecule has 13 rings (SSSR count). The monoisotopic (exact) mass is 743 g/mol. The van der Waals surface area contributed by atoms with E-state index >= 15 is 0 Å². The normalized spacial score (nSPS) is 12.2. The van der Waals surface area contributed by atoms with Crippen LogP contribution in [0.15, 0.2) is 180 Å². The van der Waals surface area contributed by atoms with Crippen molar-refractivity contribution in [2.24, 2.45) is 0 Å². The predicted octanol–water partition coefficient (Wildman–Crippen LogP) is 14.6. The van der Waals surface area contributed by atoms with Crippen molar-refractivity contribution in [2.45, 2.75) is 0 Å². The van der Waals surface area contributed by atoms with Crippen LogP contribution in [0.4, 0.5) is 0 Å². The summed E-state index contributed by atoms with van der Waals surface area (Å²) in [4.78, 5) is 10.8. The Morgan fingerprint density at radius 3 is 2.04 bits per heavy atom. The SMILES string of the molecule is c1ccc2c(-c3ccc(-c4nc(-n5c6ccccc6c6c7ccc8sc9ccccc9c8c7c7c8ccccc8oc7c65)nc5ccccc45)cc3)cccc2c1. The largest absolute Gasteiger partial charge is 0.454 e. The van der Waals surface area contributed by atoms with Crippen molar-refractivity contribution < 1.29 is 4.42 Å². The first-order valence-electron chi connectivity index (χ1n) is 19.2. The summed E-state index contributed by atoms with van der Waals surface area (Å²) in [5.41, 5.74) is 8.90. The Kier molecular flexibility index (Phi) is 6.29. The van der Waals surface area contributed by atoms with E-state index in [4.69, 9.17) is 14.4 Å². The molecule has 0 radical (unpaired) electrons. The maximum Gasteiger partial charge on any atom is 0.235 e. The first kappa shape index (κ1) is 30.9. The van der Waals surface area contributed by atoms with Crippen molar-refractivity contribution in [3.05, 3.63) is 176 Å². The Balaban J connectivity index is 1.14. The zero-order valence-electron chi connectivity index (χ0n) is 30.4. The summed E-state index contributed by atoms with van der Waals surface area (Å²) in [6, 6.07) is 62.7. The van der Waals surface area contributed by atoms with Crippen LogP contribution in [0.2, 0.25) is 0 Å². The minimum Gasteiger partial charge on any atom is -0.454 e. The van der Waals surface area contributed by atoms with Crippen molar-refractivity contribution in [1.29, 1.82) is 0 Å². The van der Waals surface area contributed by atoms with Crippen LogP contribution in [0.25, 0.3) is 125 Å². The fourth-order valence-electron chi connectivity index (χ4n) is 9.35. The van der Waals surface area contributed by atoms with Gasteiger partial charge in [0.05, 0.1) is 16.7 Å². The molecule has 0 N–H and O–H groups in total. The smallest absolute Gasteiger partial charge is 0.235 e. The van der Waals surface area contributed by atoms with Gasteiger partial charge in [-0.25, -0.2) is 9.97 Å². The summed E-state index contributed by atoms with van der Waals surface area (Å²) in [6.07, 6.45) is 0. The van der Waals surface area contributed by atoms with E-state index in [1.807, 2.05) is 11.3 Å². The van der Waals surface area contributed by atoms with E-state index in [2.05, 4.69) is 180 Å². The van der Waals surface area contributed by atoms with Gasteiger partial charge in [-0.15, -0.1) is 11.3 Å². The van der Waals surface area contributed by atoms with Gasteiger partial charge in [-0.05, 0) is 57.6 Å². The summed E-state index contributed by atoms with van der Waals surface area (Å²) in [7, 11) is 0. The molecule has 0 aliphatic carbocycles. The lowest BCUT2D eigenvalue weighted by Gasteiger charge is -2.13. The van der Waals surface area contributed by atoms with Gasteiger partial charge in [-0.2, -0.15) is 0 Å². The van der Waals surface area contributed by atoms with Crippen molar-refractivity contribution in [3.63, 3.8) is 0 Å². The highest BCUT2D eigenvalue weighted by Crippen LogP contribution is 2.50. The lowest BCUT2D eigenvalue weighted by Crippen LogP contribution is -2.03. The number of nitrogens with zero attached hydrogens (tertiary/aromatic N) is 3. The topological polar surface area (TPSA) is 43.9 Å². The van der Waals surface area contributed by atoms with Gasteiger partial charge in [0.1, 0.15) is 11.1 Å². The number of hydrogen-bond donors (Lipinski definition) is 0. The van der Waals surface area contributed by atoms with Gasteiger partial charge < -0.3 is 4.42 Å². The first-order valence-corrected chi connectivity index (χ1v) is 20.1.